The smallest absolute Gasteiger partial charge is 0.313 e. The predicted octanol–water partition coefficient (Wildman–Crippen LogP) is 0.132. The number of hydrogen-bond acceptors (Lipinski definition) is 2. The lowest BCUT2D eigenvalue weighted by molar-refractivity contribution is -0.139. The first-order valence-electron chi connectivity index (χ1n) is 3.41. The number of nitrogens with zero attached hydrogens (tertiary/aromatic N) is 1. The maximum absolute atomic E-state index is 10.9. The first-order chi connectivity index (χ1) is 4.84. The van der Waals surface area contributed by atoms with Gasteiger partial charge in [-0.2, -0.15) is 0 Å². The molecule has 1 rings (SSSR count). The predicted molar refractivity (Wildman–Crippen MR) is 36.4 cm³/mol. The van der Waals surface area contributed by atoms with Gasteiger partial charge in [0.25, 0.3) is 0 Å². The van der Waals surface area contributed by atoms with Crippen molar-refractivity contribution >= 4 is 5.97 Å². The molecule has 0 aromatic carbocycles. The summed E-state index contributed by atoms with van der Waals surface area (Å²) in [6, 6.07) is 0. The van der Waals surface area contributed by atoms with Crippen LogP contribution in [0.2, 0.25) is 0 Å². The molecule has 2 radical (unpaired) electrons. The molecule has 1 aliphatic rings. The molecule has 0 aromatic rings. The van der Waals surface area contributed by atoms with E-state index >= 15 is 0 Å². The number of methoxy groups -OCH3 is 1. The fourth-order valence-corrected chi connectivity index (χ4v) is 1.01. The molecule has 0 amide bonds. The highest BCUT2D eigenvalue weighted by Crippen LogP contribution is 2.15. The zero-order chi connectivity index (χ0) is 7.40. The van der Waals surface area contributed by atoms with Gasteiger partial charge in [0.1, 0.15) is 0 Å². The Morgan fingerprint density at radius 1 is 1.50 bits per heavy atom. The number of esters is 1. The van der Waals surface area contributed by atoms with Crippen LogP contribution in [-0.2, 0) is 9.53 Å². The van der Waals surface area contributed by atoms with E-state index in [9.17, 15) is 4.79 Å². The Bertz CT molecular complexity index is 119. The molecule has 0 N–H and O–H groups in total. The highest BCUT2D eigenvalue weighted by Gasteiger charge is 2.22. The van der Waals surface area contributed by atoms with E-state index in [1.165, 1.54) is 7.11 Å². The fourth-order valence-electron chi connectivity index (χ4n) is 1.01. The van der Waals surface area contributed by atoms with E-state index in [-0.39, 0.29) is 5.97 Å². The monoisotopic (exact) mass is 141 g/mol. The Kier molecular flexibility index (Phi) is 2.68. The molecule has 0 unspecified atom stereocenters. The summed E-state index contributed by atoms with van der Waals surface area (Å²) in [6.45, 7) is 1.56. The van der Waals surface area contributed by atoms with Crippen molar-refractivity contribution in [2.45, 2.75) is 12.8 Å². The van der Waals surface area contributed by atoms with Crippen LogP contribution in [0.4, 0.5) is 0 Å². The summed E-state index contributed by atoms with van der Waals surface area (Å²) in [6.07, 6.45) is 1.57. The van der Waals surface area contributed by atoms with E-state index in [1.807, 2.05) is 0 Å². The molecule has 3 nitrogen and oxygen atoms in total. The van der Waals surface area contributed by atoms with Crippen molar-refractivity contribution in [1.82, 2.24) is 5.32 Å². The topological polar surface area (TPSA) is 40.4 Å². The lowest BCUT2D eigenvalue weighted by atomic mass is 9.99. The van der Waals surface area contributed by atoms with Gasteiger partial charge in [0, 0.05) is 13.1 Å². The second-order valence-electron chi connectivity index (χ2n) is 2.27. The molecule has 0 aromatic heterocycles. The molecule has 0 atom stereocenters. The molecule has 0 bridgehead atoms. The second-order valence-corrected chi connectivity index (χ2v) is 2.27. The molecule has 1 aliphatic heterocycles. The molecule has 3 heteroatoms. The highest BCUT2D eigenvalue weighted by molar-refractivity contribution is 5.84. The van der Waals surface area contributed by atoms with Crippen LogP contribution in [-0.4, -0.2) is 26.2 Å². The Labute approximate surface area is 60.7 Å². The minimum atomic E-state index is -0.157. The van der Waals surface area contributed by atoms with Crippen LogP contribution in [0.5, 0.6) is 0 Å². The number of carbonyl (C=O) groups excluding carboxylic acids is 1. The zero-order valence-corrected chi connectivity index (χ0v) is 6.09. The first-order valence-corrected chi connectivity index (χ1v) is 3.41. The van der Waals surface area contributed by atoms with Gasteiger partial charge in [0.2, 0.25) is 0 Å². The van der Waals surface area contributed by atoms with Crippen molar-refractivity contribution in [3.63, 3.8) is 0 Å². The maximum atomic E-state index is 10.9. The van der Waals surface area contributed by atoms with Gasteiger partial charge in [-0.1, -0.05) is 0 Å². The highest BCUT2D eigenvalue weighted by atomic mass is 16.5. The third kappa shape index (κ3) is 1.70. The van der Waals surface area contributed by atoms with Crippen molar-refractivity contribution < 1.29 is 9.53 Å². The van der Waals surface area contributed by atoms with E-state index in [1.54, 1.807) is 0 Å². The zero-order valence-electron chi connectivity index (χ0n) is 6.09. The van der Waals surface area contributed by atoms with E-state index in [2.05, 4.69) is 10.1 Å². The van der Waals surface area contributed by atoms with Gasteiger partial charge in [-0.05, 0) is 12.8 Å². The van der Waals surface area contributed by atoms with Crippen molar-refractivity contribution in [3.05, 3.63) is 5.92 Å². The molecular formula is C7H11NO2. The molecular weight excluding hydrogens is 130 g/mol. The summed E-state index contributed by atoms with van der Waals surface area (Å²) in [5.41, 5.74) is 0. The van der Waals surface area contributed by atoms with Crippen molar-refractivity contribution in [1.29, 1.82) is 0 Å². The minimum absolute atomic E-state index is 0.157. The summed E-state index contributed by atoms with van der Waals surface area (Å²) in [4.78, 5) is 10.9. The quantitative estimate of drug-likeness (QED) is 0.487. The van der Waals surface area contributed by atoms with Gasteiger partial charge in [0.05, 0.1) is 13.0 Å². The van der Waals surface area contributed by atoms with E-state index in [0.717, 1.165) is 31.8 Å². The summed E-state index contributed by atoms with van der Waals surface area (Å²) >= 11 is 0. The Morgan fingerprint density at radius 3 is 2.60 bits per heavy atom. The number of carbonyl (C=O) groups is 1. The molecule has 0 aliphatic carbocycles. The van der Waals surface area contributed by atoms with Gasteiger partial charge in [-0.3, -0.25) is 4.79 Å². The lowest BCUT2D eigenvalue weighted by Gasteiger charge is -2.17. The molecule has 1 saturated heterocycles. The number of rotatable bonds is 1. The second kappa shape index (κ2) is 3.56. The van der Waals surface area contributed by atoms with Gasteiger partial charge in [-0.25, -0.2) is 5.32 Å². The van der Waals surface area contributed by atoms with E-state index < -0.39 is 0 Å². The number of piperidine rings is 1. The Morgan fingerprint density at radius 2 is 2.10 bits per heavy atom. The largest absolute Gasteiger partial charge is 0.469 e. The number of ether oxygens (including phenoxy) is 1. The van der Waals surface area contributed by atoms with Crippen LogP contribution in [0.25, 0.3) is 0 Å². The average molecular weight is 141 g/mol. The van der Waals surface area contributed by atoms with Gasteiger partial charge in [-0.15, -0.1) is 0 Å². The minimum Gasteiger partial charge on any atom is -0.469 e. The van der Waals surface area contributed by atoms with Crippen molar-refractivity contribution in [3.8, 4) is 0 Å². The van der Waals surface area contributed by atoms with Crippen molar-refractivity contribution in [2.24, 2.45) is 0 Å². The number of hydrogen-bond donors (Lipinski definition) is 0. The van der Waals surface area contributed by atoms with Crippen LogP contribution in [0.1, 0.15) is 12.8 Å². The summed E-state index contributed by atoms with van der Waals surface area (Å²) in [5.74, 6) is 0.729. The summed E-state index contributed by atoms with van der Waals surface area (Å²) in [7, 11) is 1.42. The Balaban J connectivity index is 2.31. The van der Waals surface area contributed by atoms with E-state index in [4.69, 9.17) is 0 Å². The lowest BCUT2D eigenvalue weighted by Crippen LogP contribution is -2.26. The van der Waals surface area contributed by atoms with Crippen molar-refractivity contribution in [2.75, 3.05) is 20.2 Å². The molecule has 1 fully saturated rings. The van der Waals surface area contributed by atoms with Crippen LogP contribution in [0, 0.1) is 5.92 Å². The maximum Gasteiger partial charge on any atom is 0.313 e. The molecule has 10 heavy (non-hydrogen) atoms. The normalized spacial score (nSPS) is 20.5. The summed E-state index contributed by atoms with van der Waals surface area (Å²) in [5, 5.41) is 4.12. The molecule has 1 heterocycles. The SMILES string of the molecule is COC(=O)[C]1CC[N]CC1. The molecule has 0 saturated carbocycles. The third-order valence-corrected chi connectivity index (χ3v) is 1.62. The van der Waals surface area contributed by atoms with Gasteiger partial charge >= 0.3 is 5.97 Å². The van der Waals surface area contributed by atoms with Crippen LogP contribution in [0.15, 0.2) is 0 Å². The van der Waals surface area contributed by atoms with Crippen LogP contribution in [0.3, 0.4) is 0 Å². The first kappa shape index (κ1) is 7.54. The Hall–Kier alpha value is -0.570. The van der Waals surface area contributed by atoms with Crippen LogP contribution >= 0.6 is 0 Å². The van der Waals surface area contributed by atoms with Crippen LogP contribution < -0.4 is 5.32 Å². The van der Waals surface area contributed by atoms with Gasteiger partial charge in [0.15, 0.2) is 0 Å². The third-order valence-electron chi connectivity index (χ3n) is 1.62. The van der Waals surface area contributed by atoms with E-state index in [0.29, 0.717) is 0 Å². The molecule has 0 spiro atoms. The molecule has 56 valence electrons. The summed E-state index contributed by atoms with van der Waals surface area (Å²) < 4.78 is 4.57. The fraction of sp³-hybridized carbons (Fsp3) is 0.714. The standard InChI is InChI=1S/C7H11NO2/c1-10-7(9)6-2-4-8-5-3-6/h2-5H2,1H3. The average Bonchev–Trinajstić information content (AvgIpc) is 2.05. The van der Waals surface area contributed by atoms with Gasteiger partial charge < -0.3 is 4.74 Å².